The van der Waals surface area contributed by atoms with Crippen LogP contribution in [0.4, 0.5) is 13.2 Å². The lowest BCUT2D eigenvalue weighted by atomic mass is 10.1. The fraction of sp³-hybridized carbons (Fsp3) is 0.588. The number of aliphatic hydroxyl groups is 1. The molecule has 3 N–H and O–H groups in total. The molecule has 0 bridgehead atoms. The van der Waals surface area contributed by atoms with E-state index in [0.29, 0.717) is 12.6 Å². The molecule has 6 nitrogen and oxygen atoms in total. The molecule has 10 heteroatoms. The van der Waals surface area contributed by atoms with Crippen molar-refractivity contribution in [2.24, 2.45) is 0 Å². The lowest BCUT2D eigenvalue weighted by Gasteiger charge is -2.25. The lowest BCUT2D eigenvalue weighted by Crippen LogP contribution is -2.43. The summed E-state index contributed by atoms with van der Waals surface area (Å²) < 4.78 is 62.7. The minimum Gasteiger partial charge on any atom is -0.392 e. The highest BCUT2D eigenvalue weighted by Crippen LogP contribution is 2.34. The van der Waals surface area contributed by atoms with Crippen molar-refractivity contribution >= 4 is 15.7 Å². The highest BCUT2D eigenvalue weighted by atomic mass is 32.2. The number of hydrogen-bond acceptors (Lipinski definition) is 5. The zero-order valence-electron chi connectivity index (χ0n) is 15.0. The number of aliphatic hydroxyl groups excluding tert-OH is 1. The second-order valence-corrected chi connectivity index (χ2v) is 9.76. The van der Waals surface area contributed by atoms with Crippen molar-refractivity contribution in [1.29, 1.82) is 0 Å². The Morgan fingerprint density at radius 1 is 1.33 bits per heavy atom. The Kier molecular flexibility index (Phi) is 6.23. The second kappa shape index (κ2) is 7.76. The van der Waals surface area contributed by atoms with Crippen molar-refractivity contribution in [2.45, 2.75) is 54.7 Å². The van der Waals surface area contributed by atoms with Gasteiger partial charge < -0.3 is 15.7 Å². The van der Waals surface area contributed by atoms with Crippen molar-refractivity contribution in [3.63, 3.8) is 0 Å². The average Bonchev–Trinajstić information content (AvgIpc) is 3.00. The molecule has 0 aliphatic carbocycles. The van der Waals surface area contributed by atoms with Gasteiger partial charge in [-0.25, -0.2) is 8.42 Å². The van der Waals surface area contributed by atoms with E-state index >= 15 is 0 Å². The van der Waals surface area contributed by atoms with Crippen molar-refractivity contribution in [3.05, 3.63) is 29.8 Å². The molecule has 152 valence electrons. The monoisotopic (exact) mass is 408 g/mol. The Bertz CT molecular complexity index is 794. The van der Waals surface area contributed by atoms with Gasteiger partial charge in [-0.1, -0.05) is 6.07 Å². The van der Waals surface area contributed by atoms with Gasteiger partial charge in [-0.15, -0.1) is 0 Å². The fourth-order valence-corrected chi connectivity index (χ4v) is 4.37. The third kappa shape index (κ3) is 4.99. The van der Waals surface area contributed by atoms with Crippen LogP contribution in [0.25, 0.3) is 0 Å². The summed E-state index contributed by atoms with van der Waals surface area (Å²) in [4.78, 5) is 11.6. The molecule has 2 atom stereocenters. The van der Waals surface area contributed by atoms with Crippen LogP contribution >= 0.6 is 0 Å². The van der Waals surface area contributed by atoms with Crippen LogP contribution in [0.15, 0.2) is 29.2 Å². The topological polar surface area (TPSA) is 95.5 Å². The summed E-state index contributed by atoms with van der Waals surface area (Å²) in [6, 6.07) is 3.09. The van der Waals surface area contributed by atoms with E-state index in [1.807, 2.05) is 0 Å². The first-order valence-electron chi connectivity index (χ1n) is 8.45. The molecule has 0 saturated carbocycles. The molecule has 1 heterocycles. The minimum absolute atomic E-state index is 0.0204. The Hall–Kier alpha value is -1.65. The Balaban J connectivity index is 2.05. The van der Waals surface area contributed by atoms with Gasteiger partial charge in [-0.05, 0) is 44.9 Å². The maximum Gasteiger partial charge on any atom is 0.416 e. The van der Waals surface area contributed by atoms with Gasteiger partial charge in [0.25, 0.3) is 0 Å². The van der Waals surface area contributed by atoms with Gasteiger partial charge in [-0.2, -0.15) is 13.2 Å². The van der Waals surface area contributed by atoms with Crippen molar-refractivity contribution in [2.75, 3.05) is 13.1 Å². The fourth-order valence-electron chi connectivity index (χ4n) is 2.82. The maximum atomic E-state index is 12.9. The number of alkyl halides is 3. The predicted octanol–water partition coefficient (Wildman–Crippen LogP) is 1.49. The number of amides is 1. The van der Waals surface area contributed by atoms with Gasteiger partial charge in [0.05, 0.1) is 27.4 Å². The smallest absolute Gasteiger partial charge is 0.392 e. The normalized spacial score (nSPS) is 21.3. The Morgan fingerprint density at radius 2 is 2.00 bits per heavy atom. The minimum atomic E-state index is -4.64. The number of hydrogen-bond donors (Lipinski definition) is 3. The van der Waals surface area contributed by atoms with Gasteiger partial charge in [0.15, 0.2) is 9.84 Å². The summed E-state index contributed by atoms with van der Waals surface area (Å²) in [5.74, 6) is -0.348. The number of carbonyl (C=O) groups excluding carboxylic acids is 1. The Labute approximate surface area is 156 Å². The summed E-state index contributed by atoms with van der Waals surface area (Å²) in [6.45, 7) is 3.17. The van der Waals surface area contributed by atoms with Gasteiger partial charge in [0.1, 0.15) is 0 Å². The molecule has 0 aromatic heterocycles. The largest absolute Gasteiger partial charge is 0.416 e. The van der Waals surface area contributed by atoms with Crippen LogP contribution in [0.2, 0.25) is 0 Å². The van der Waals surface area contributed by atoms with Crippen LogP contribution in [0.3, 0.4) is 0 Å². The molecule has 0 spiro atoms. The third-order valence-corrected chi connectivity index (χ3v) is 7.18. The first-order chi connectivity index (χ1) is 12.3. The molecular weight excluding hydrogens is 385 g/mol. The van der Waals surface area contributed by atoms with Gasteiger partial charge in [0, 0.05) is 13.1 Å². The quantitative estimate of drug-likeness (QED) is 0.663. The van der Waals surface area contributed by atoms with Crippen LogP contribution in [0, 0.1) is 0 Å². The first-order valence-corrected chi connectivity index (χ1v) is 9.94. The van der Waals surface area contributed by atoms with E-state index in [-0.39, 0.29) is 25.3 Å². The highest BCUT2D eigenvalue weighted by Gasteiger charge is 2.38. The molecule has 1 amide bonds. The lowest BCUT2D eigenvalue weighted by molar-refractivity contribution is -0.137. The third-order valence-electron chi connectivity index (χ3n) is 4.65. The highest BCUT2D eigenvalue weighted by molar-refractivity contribution is 7.92. The summed E-state index contributed by atoms with van der Waals surface area (Å²) in [7, 11) is -4.05. The molecule has 27 heavy (non-hydrogen) atoms. The summed E-state index contributed by atoms with van der Waals surface area (Å²) in [5, 5.41) is 14.9. The van der Waals surface area contributed by atoms with Crippen molar-refractivity contribution in [1.82, 2.24) is 10.6 Å². The summed E-state index contributed by atoms with van der Waals surface area (Å²) >= 11 is 0. The van der Waals surface area contributed by atoms with Crippen LogP contribution in [-0.2, 0) is 20.8 Å². The maximum absolute atomic E-state index is 12.9. The zero-order valence-corrected chi connectivity index (χ0v) is 15.8. The van der Waals surface area contributed by atoms with E-state index in [2.05, 4.69) is 10.6 Å². The number of benzene rings is 1. The van der Waals surface area contributed by atoms with E-state index in [4.69, 9.17) is 0 Å². The molecule has 1 aromatic rings. The average molecular weight is 408 g/mol. The van der Waals surface area contributed by atoms with Gasteiger partial charge in [-0.3, -0.25) is 4.79 Å². The van der Waals surface area contributed by atoms with E-state index < -0.39 is 43.4 Å². The predicted molar refractivity (Wildman–Crippen MR) is 92.8 cm³/mol. The number of halogens is 3. The molecule has 2 rings (SSSR count). The van der Waals surface area contributed by atoms with Crippen molar-refractivity contribution in [3.8, 4) is 0 Å². The molecule has 1 aromatic carbocycles. The number of sulfone groups is 1. The number of carbonyl (C=O) groups is 1. The zero-order chi connectivity index (χ0) is 20.5. The number of rotatable bonds is 6. The van der Waals surface area contributed by atoms with Crippen molar-refractivity contribution < 1.29 is 31.5 Å². The van der Waals surface area contributed by atoms with Crippen LogP contribution in [0.1, 0.15) is 32.3 Å². The van der Waals surface area contributed by atoms with Crippen LogP contribution < -0.4 is 10.6 Å². The standard InChI is InChI=1S/C17H23F3N2O4S/c1-16(2,6-7-21-15(24)14-9-12(23)10-22-14)27(25,26)13-5-3-4-11(8-13)17(18,19)20/h3-5,8,12,14,22-23H,6-7,9-10H2,1-2H3,(H,21,24)/t12-,14+/m1/s1. The molecule has 1 fully saturated rings. The van der Waals surface area contributed by atoms with Crippen LogP contribution in [-0.4, -0.2) is 49.4 Å². The van der Waals surface area contributed by atoms with E-state index in [1.54, 1.807) is 0 Å². The molecule has 1 aliphatic rings. The second-order valence-electron chi connectivity index (χ2n) is 7.18. The number of β-amino-alcohol motifs (C(OH)–C–C–N with tert-alkyl or cyclic N) is 1. The molecule has 1 aliphatic heterocycles. The number of nitrogens with one attached hydrogen (secondary N) is 2. The summed E-state index contributed by atoms with van der Waals surface area (Å²) in [5.41, 5.74) is -1.03. The van der Waals surface area contributed by atoms with Crippen LogP contribution in [0.5, 0.6) is 0 Å². The van der Waals surface area contributed by atoms with E-state index in [0.717, 1.165) is 18.2 Å². The molecule has 0 unspecified atom stereocenters. The van der Waals surface area contributed by atoms with Gasteiger partial charge >= 0.3 is 6.18 Å². The molecule has 1 saturated heterocycles. The summed E-state index contributed by atoms with van der Waals surface area (Å²) in [6.07, 6.45) is -4.94. The molecular formula is C17H23F3N2O4S. The van der Waals surface area contributed by atoms with Gasteiger partial charge in [0.2, 0.25) is 5.91 Å². The molecule has 0 radical (unpaired) electrons. The first kappa shape index (κ1) is 21.6. The van der Waals surface area contributed by atoms with E-state index in [9.17, 15) is 31.5 Å². The van der Waals surface area contributed by atoms with E-state index in [1.165, 1.54) is 13.8 Å². The SMILES string of the molecule is CC(C)(CCNC(=O)[C@@H]1C[C@@H](O)CN1)S(=O)(=O)c1cccc(C(F)(F)F)c1. The Morgan fingerprint density at radius 3 is 2.56 bits per heavy atom.